The summed E-state index contributed by atoms with van der Waals surface area (Å²) in [6.07, 6.45) is -4.49. The summed E-state index contributed by atoms with van der Waals surface area (Å²) in [5.41, 5.74) is 2.13. The second kappa shape index (κ2) is 15.1. The molecule has 7 aromatic carbocycles. The zero-order chi connectivity index (χ0) is 33.9. The molecule has 7 heteroatoms. The quantitative estimate of drug-likeness (QED) is 0.131. The maximum atomic E-state index is 9.27. The van der Waals surface area contributed by atoms with Crippen molar-refractivity contribution in [2.45, 2.75) is 6.92 Å². The Kier molecular flexibility index (Phi) is 11.1. The van der Waals surface area contributed by atoms with E-state index in [1.807, 2.05) is 24.3 Å². The molecule has 0 spiro atoms. The molecule has 0 aliphatic rings. The van der Waals surface area contributed by atoms with Crippen LogP contribution >= 0.6 is 48.0 Å². The van der Waals surface area contributed by atoms with Crippen molar-refractivity contribution < 1.29 is 20.1 Å². The SMILES string of the molecule is Cc1ccc(N([P+](c2ccccc2)(c2ccccc2)c2ccccc2)P(Cl)(c2ccccc2)(c2ccccc2)c2cccc(Cl)c2Cl)cc1.[Tc]. The fourth-order valence-electron chi connectivity index (χ4n) is 6.98. The summed E-state index contributed by atoms with van der Waals surface area (Å²) in [6.45, 7) is 2.12. The summed E-state index contributed by atoms with van der Waals surface area (Å²) < 4.78 is 2.61. The van der Waals surface area contributed by atoms with E-state index in [-0.39, 0.29) is 20.1 Å². The number of anilines is 1. The Morgan fingerprint density at radius 2 is 0.840 bits per heavy atom. The predicted octanol–water partition coefficient (Wildman–Crippen LogP) is 10.6. The molecule has 0 amide bonds. The summed E-state index contributed by atoms with van der Waals surface area (Å²) in [5, 5.41) is 7.07. The molecule has 0 heterocycles. The van der Waals surface area contributed by atoms with Gasteiger partial charge in [-0.15, -0.1) is 0 Å². The van der Waals surface area contributed by atoms with Crippen LogP contribution in [-0.4, -0.2) is 0 Å². The van der Waals surface area contributed by atoms with Crippen molar-refractivity contribution >= 4 is 85.5 Å². The first kappa shape index (κ1) is 36.5. The van der Waals surface area contributed by atoms with Crippen LogP contribution in [-0.2, 0) is 20.1 Å². The van der Waals surface area contributed by atoms with Crippen molar-refractivity contribution in [3.8, 4) is 0 Å². The molecular formula is C43H35Cl3NP2Tc+. The standard InChI is InChI=1S/C43H35Cl3NP2.Tc/c1-34-30-32-35(33-31-34)47(48(36-18-7-2-8-19-36,37-20-9-3-10-21-37)38-22-11-4-12-23-38)49(46,39-24-13-5-14-25-39,40-26-15-6-16-27-40)42-29-17-28-41(44)43(42)45;/h2-33H,1H3;/q+1;. The molecule has 0 saturated carbocycles. The smallest absolute Gasteiger partial charge is 0 e. The number of benzene rings is 7. The van der Waals surface area contributed by atoms with E-state index in [2.05, 4.69) is 181 Å². The first-order chi connectivity index (χ1) is 23.9. The van der Waals surface area contributed by atoms with E-state index in [1.165, 1.54) is 0 Å². The van der Waals surface area contributed by atoms with Gasteiger partial charge in [0.15, 0.2) is 0 Å². The molecule has 1 nitrogen and oxygen atoms in total. The van der Waals surface area contributed by atoms with Crippen LogP contribution in [0.5, 0.6) is 0 Å². The first-order valence-electron chi connectivity index (χ1n) is 16.1. The largest absolute Gasteiger partial charge is 0 e. The van der Waals surface area contributed by atoms with Crippen LogP contribution in [0, 0.1) is 6.92 Å². The van der Waals surface area contributed by atoms with E-state index in [0.717, 1.165) is 43.1 Å². The van der Waals surface area contributed by atoms with Crippen molar-refractivity contribution in [3.63, 3.8) is 0 Å². The third-order valence-corrected chi connectivity index (χ3v) is 23.0. The van der Waals surface area contributed by atoms with Gasteiger partial charge in [-0.1, -0.05) is 0 Å². The zero-order valence-electron chi connectivity index (χ0n) is 27.3. The van der Waals surface area contributed by atoms with Gasteiger partial charge in [-0.2, -0.15) is 0 Å². The molecule has 7 aromatic rings. The van der Waals surface area contributed by atoms with Gasteiger partial charge in [0.05, 0.1) is 0 Å². The van der Waals surface area contributed by atoms with Crippen LogP contribution in [0.15, 0.2) is 194 Å². The monoisotopic (exact) mass is 829 g/mol. The summed E-state index contributed by atoms with van der Waals surface area (Å²) in [5.74, 6) is 0. The van der Waals surface area contributed by atoms with Crippen LogP contribution in [0.3, 0.4) is 0 Å². The number of rotatable bonds is 9. The minimum atomic E-state index is -4.49. The molecule has 1 radical (unpaired) electrons. The van der Waals surface area contributed by atoms with Crippen LogP contribution in [0.25, 0.3) is 0 Å². The van der Waals surface area contributed by atoms with E-state index < -0.39 is 13.5 Å². The maximum absolute atomic E-state index is 9.27. The minimum absolute atomic E-state index is 0. The molecule has 0 aliphatic heterocycles. The topological polar surface area (TPSA) is 3.24 Å². The van der Waals surface area contributed by atoms with Gasteiger partial charge in [0.25, 0.3) is 0 Å². The first-order valence-corrected chi connectivity index (χ1v) is 21.7. The van der Waals surface area contributed by atoms with E-state index in [4.69, 9.17) is 23.2 Å². The fourth-order valence-corrected chi connectivity index (χ4v) is 22.3. The normalized spacial score (nSPS) is 12.3. The number of hydrogen-bond acceptors (Lipinski definition) is 1. The predicted molar refractivity (Wildman–Crippen MR) is 220 cm³/mol. The molecular weight excluding hydrogens is 797 g/mol. The molecule has 0 fully saturated rings. The maximum Gasteiger partial charge on any atom is 0 e. The number of nitrogens with zero attached hydrogens (tertiary/aromatic N) is 1. The van der Waals surface area contributed by atoms with Crippen molar-refractivity contribution in [1.82, 2.24) is 0 Å². The number of aryl methyl sites for hydroxylation is 1. The van der Waals surface area contributed by atoms with Crippen LogP contribution < -0.4 is 36.3 Å². The van der Waals surface area contributed by atoms with Gasteiger partial charge in [0.2, 0.25) is 0 Å². The molecule has 0 saturated heterocycles. The Hall–Kier alpha value is -3.28. The molecule has 0 aromatic heterocycles. The van der Waals surface area contributed by atoms with Crippen molar-refractivity contribution in [2.75, 3.05) is 4.44 Å². The Morgan fingerprint density at radius 1 is 0.460 bits per heavy atom. The minimum Gasteiger partial charge on any atom is 0 e. The Bertz CT molecular complexity index is 2040. The third kappa shape index (κ3) is 5.87. The summed E-state index contributed by atoms with van der Waals surface area (Å²) in [6, 6.07) is 68.2. The molecule has 249 valence electrons. The molecule has 0 unspecified atom stereocenters. The Balaban J connectivity index is 0.00000432. The molecule has 7 rings (SSSR count). The molecule has 0 aliphatic carbocycles. The van der Waals surface area contributed by atoms with E-state index in [0.29, 0.717) is 10.0 Å². The molecule has 50 heavy (non-hydrogen) atoms. The average molecular weight is 832 g/mol. The second-order valence-electron chi connectivity index (χ2n) is 12.0. The van der Waals surface area contributed by atoms with Gasteiger partial charge in [-0.05, 0) is 0 Å². The van der Waals surface area contributed by atoms with Crippen molar-refractivity contribution in [1.29, 1.82) is 0 Å². The molecule has 0 atom stereocenters. The van der Waals surface area contributed by atoms with Gasteiger partial charge < -0.3 is 0 Å². The number of halogens is 3. The van der Waals surface area contributed by atoms with Gasteiger partial charge >= 0.3 is 307 Å². The van der Waals surface area contributed by atoms with Crippen molar-refractivity contribution in [2.24, 2.45) is 0 Å². The van der Waals surface area contributed by atoms with Gasteiger partial charge in [-0.3, -0.25) is 0 Å². The van der Waals surface area contributed by atoms with Crippen LogP contribution in [0.1, 0.15) is 5.56 Å². The second-order valence-corrected chi connectivity index (χ2v) is 22.1. The number of hydrogen-bond donors (Lipinski definition) is 0. The van der Waals surface area contributed by atoms with Gasteiger partial charge in [0, 0.05) is 20.1 Å². The third-order valence-electron chi connectivity index (χ3n) is 9.12. The summed E-state index contributed by atoms with van der Waals surface area (Å²) in [4.78, 5) is 0. The Labute approximate surface area is 324 Å². The van der Waals surface area contributed by atoms with E-state index in [9.17, 15) is 11.2 Å². The van der Waals surface area contributed by atoms with E-state index in [1.54, 1.807) is 0 Å². The Morgan fingerprint density at radius 3 is 1.24 bits per heavy atom. The van der Waals surface area contributed by atoms with E-state index >= 15 is 0 Å². The van der Waals surface area contributed by atoms with Crippen LogP contribution in [0.2, 0.25) is 10.0 Å². The molecule has 0 N–H and O–H groups in total. The summed E-state index contributed by atoms with van der Waals surface area (Å²) >= 11 is 23.8. The fraction of sp³-hybridized carbons (Fsp3) is 0.0233. The van der Waals surface area contributed by atoms with Gasteiger partial charge in [-0.25, -0.2) is 0 Å². The van der Waals surface area contributed by atoms with Crippen LogP contribution in [0.4, 0.5) is 5.69 Å². The molecule has 0 bridgehead atoms. The van der Waals surface area contributed by atoms with Gasteiger partial charge in [0.1, 0.15) is 0 Å². The summed E-state index contributed by atoms with van der Waals surface area (Å²) in [7, 11) is -2.96. The van der Waals surface area contributed by atoms with Crippen molar-refractivity contribution in [3.05, 3.63) is 210 Å². The average Bonchev–Trinajstić information content (AvgIpc) is 3.17. The zero-order valence-corrected chi connectivity index (χ0v) is 33.2.